The Kier molecular flexibility index (Phi) is 2.68. The van der Waals surface area contributed by atoms with Crippen LogP contribution in [0.3, 0.4) is 0 Å². The van der Waals surface area contributed by atoms with E-state index in [1.807, 2.05) is 18.2 Å². The molecule has 0 heterocycles. The molecule has 0 aliphatic heterocycles. The van der Waals surface area contributed by atoms with E-state index in [1.165, 1.54) is 0 Å². The number of aliphatic hydroxyl groups is 1. The van der Waals surface area contributed by atoms with E-state index in [1.54, 1.807) is 19.1 Å². The average molecular weight is 179 g/mol. The second-order valence-electron chi connectivity index (χ2n) is 3.28. The molecule has 0 radical (unpaired) electrons. The van der Waals surface area contributed by atoms with Gasteiger partial charge in [0.15, 0.2) is 0 Å². The Morgan fingerprint density at radius 2 is 2.00 bits per heavy atom. The first kappa shape index (κ1) is 9.74. The predicted molar refractivity (Wildman–Crippen MR) is 49.8 cm³/mol. The fourth-order valence-electron chi connectivity index (χ4n) is 1.24. The van der Waals surface area contributed by atoms with E-state index in [-0.39, 0.29) is 6.42 Å². The minimum Gasteiger partial charge on any atom is -0.385 e. The van der Waals surface area contributed by atoms with Gasteiger partial charge in [-0.05, 0) is 12.5 Å². The fraction of sp³-hybridized carbons (Fsp3) is 0.300. The van der Waals surface area contributed by atoms with E-state index in [0.29, 0.717) is 5.56 Å². The summed E-state index contributed by atoms with van der Waals surface area (Å²) in [6.07, 6.45) is -0.0585. The number of hydrogen-bond donors (Lipinski definition) is 2. The standard InChI is InChI=1S/C10H13NO2/c1-10(13,7-9(11)12)8-5-3-2-4-6-8/h2-6,13H,7H2,1H3,(H2,11,12). The van der Waals surface area contributed by atoms with Gasteiger partial charge in [0, 0.05) is 0 Å². The Hall–Kier alpha value is -1.35. The molecule has 1 amide bonds. The number of nitrogens with two attached hydrogens (primary N) is 1. The van der Waals surface area contributed by atoms with Crippen LogP contribution >= 0.6 is 0 Å². The first-order valence-corrected chi connectivity index (χ1v) is 4.08. The van der Waals surface area contributed by atoms with Gasteiger partial charge in [0.2, 0.25) is 5.91 Å². The zero-order valence-corrected chi connectivity index (χ0v) is 7.53. The monoisotopic (exact) mass is 179 g/mol. The van der Waals surface area contributed by atoms with Crippen LogP contribution in [0.5, 0.6) is 0 Å². The molecule has 1 atom stereocenters. The van der Waals surface area contributed by atoms with Gasteiger partial charge in [-0.15, -0.1) is 0 Å². The summed E-state index contributed by atoms with van der Waals surface area (Å²) in [5.41, 5.74) is 4.56. The van der Waals surface area contributed by atoms with E-state index in [0.717, 1.165) is 0 Å². The van der Waals surface area contributed by atoms with E-state index in [4.69, 9.17) is 5.73 Å². The van der Waals surface area contributed by atoms with E-state index < -0.39 is 11.5 Å². The van der Waals surface area contributed by atoms with Crippen molar-refractivity contribution in [1.82, 2.24) is 0 Å². The van der Waals surface area contributed by atoms with Crippen LogP contribution in [0.25, 0.3) is 0 Å². The highest BCUT2D eigenvalue weighted by Crippen LogP contribution is 2.23. The normalized spacial score (nSPS) is 14.9. The quantitative estimate of drug-likeness (QED) is 0.719. The Labute approximate surface area is 77.2 Å². The largest absolute Gasteiger partial charge is 0.385 e. The summed E-state index contributed by atoms with van der Waals surface area (Å²) >= 11 is 0. The molecule has 0 bridgehead atoms. The number of rotatable bonds is 3. The fourth-order valence-corrected chi connectivity index (χ4v) is 1.24. The Morgan fingerprint density at radius 1 is 1.46 bits per heavy atom. The maximum absolute atomic E-state index is 10.7. The second-order valence-corrected chi connectivity index (χ2v) is 3.28. The van der Waals surface area contributed by atoms with Crippen molar-refractivity contribution in [3.8, 4) is 0 Å². The lowest BCUT2D eigenvalue weighted by Gasteiger charge is -2.21. The third-order valence-electron chi connectivity index (χ3n) is 1.91. The molecule has 3 heteroatoms. The summed E-state index contributed by atoms with van der Waals surface area (Å²) < 4.78 is 0. The lowest BCUT2D eigenvalue weighted by atomic mass is 9.92. The molecule has 70 valence electrons. The van der Waals surface area contributed by atoms with Crippen LogP contribution in [0, 0.1) is 0 Å². The summed E-state index contributed by atoms with van der Waals surface area (Å²) in [7, 11) is 0. The molecular weight excluding hydrogens is 166 g/mol. The number of carbonyl (C=O) groups excluding carboxylic acids is 1. The van der Waals surface area contributed by atoms with Crippen LogP contribution in [0.15, 0.2) is 30.3 Å². The summed E-state index contributed by atoms with van der Waals surface area (Å²) in [6.45, 7) is 1.58. The highest BCUT2D eigenvalue weighted by atomic mass is 16.3. The third kappa shape index (κ3) is 2.56. The van der Waals surface area contributed by atoms with Crippen molar-refractivity contribution in [2.45, 2.75) is 18.9 Å². The Morgan fingerprint density at radius 3 is 2.46 bits per heavy atom. The van der Waals surface area contributed by atoms with E-state index in [2.05, 4.69) is 0 Å². The van der Waals surface area contributed by atoms with Crippen LogP contribution < -0.4 is 5.73 Å². The topological polar surface area (TPSA) is 63.3 Å². The van der Waals surface area contributed by atoms with Crippen LogP contribution in [-0.4, -0.2) is 11.0 Å². The maximum Gasteiger partial charge on any atom is 0.220 e. The third-order valence-corrected chi connectivity index (χ3v) is 1.91. The van der Waals surface area contributed by atoms with E-state index in [9.17, 15) is 9.90 Å². The van der Waals surface area contributed by atoms with Gasteiger partial charge in [-0.1, -0.05) is 30.3 Å². The molecule has 0 saturated carbocycles. The molecule has 1 rings (SSSR count). The highest BCUT2D eigenvalue weighted by molar-refractivity contribution is 5.75. The minimum atomic E-state index is -1.16. The van der Waals surface area contributed by atoms with Crippen molar-refractivity contribution in [2.24, 2.45) is 5.73 Å². The lowest BCUT2D eigenvalue weighted by molar-refractivity contribution is -0.122. The van der Waals surface area contributed by atoms with Crippen LogP contribution in [0.4, 0.5) is 0 Å². The van der Waals surface area contributed by atoms with Gasteiger partial charge in [-0.2, -0.15) is 0 Å². The molecule has 3 N–H and O–H groups in total. The molecule has 1 aromatic rings. The summed E-state index contributed by atoms with van der Waals surface area (Å²) in [6, 6.07) is 9.01. The number of primary amides is 1. The van der Waals surface area contributed by atoms with Crippen molar-refractivity contribution in [3.05, 3.63) is 35.9 Å². The molecule has 0 aliphatic carbocycles. The molecule has 0 saturated heterocycles. The molecular formula is C10H13NO2. The maximum atomic E-state index is 10.7. The van der Waals surface area contributed by atoms with Gasteiger partial charge in [0.25, 0.3) is 0 Å². The van der Waals surface area contributed by atoms with Crippen LogP contribution in [0.2, 0.25) is 0 Å². The number of carbonyl (C=O) groups is 1. The second kappa shape index (κ2) is 3.58. The average Bonchev–Trinajstić information content (AvgIpc) is 2.04. The van der Waals surface area contributed by atoms with Crippen molar-refractivity contribution in [2.75, 3.05) is 0 Å². The molecule has 0 aliphatic rings. The van der Waals surface area contributed by atoms with Gasteiger partial charge >= 0.3 is 0 Å². The van der Waals surface area contributed by atoms with Gasteiger partial charge in [0.05, 0.1) is 12.0 Å². The smallest absolute Gasteiger partial charge is 0.220 e. The number of amides is 1. The first-order valence-electron chi connectivity index (χ1n) is 4.08. The molecule has 1 unspecified atom stereocenters. The molecule has 3 nitrogen and oxygen atoms in total. The number of hydrogen-bond acceptors (Lipinski definition) is 2. The van der Waals surface area contributed by atoms with Gasteiger partial charge in [-0.3, -0.25) is 4.79 Å². The minimum absolute atomic E-state index is 0.0585. The summed E-state index contributed by atoms with van der Waals surface area (Å²) in [5, 5.41) is 9.86. The van der Waals surface area contributed by atoms with Gasteiger partial charge in [-0.25, -0.2) is 0 Å². The van der Waals surface area contributed by atoms with Gasteiger partial charge in [0.1, 0.15) is 0 Å². The van der Waals surface area contributed by atoms with Gasteiger partial charge < -0.3 is 10.8 Å². The molecule has 13 heavy (non-hydrogen) atoms. The highest BCUT2D eigenvalue weighted by Gasteiger charge is 2.24. The Bertz CT molecular complexity index is 293. The lowest BCUT2D eigenvalue weighted by Crippen LogP contribution is -2.28. The van der Waals surface area contributed by atoms with Crippen LogP contribution in [-0.2, 0) is 10.4 Å². The molecule has 1 aromatic carbocycles. The zero-order chi connectivity index (χ0) is 9.90. The SMILES string of the molecule is CC(O)(CC(N)=O)c1ccccc1. The summed E-state index contributed by atoms with van der Waals surface area (Å²) in [5.74, 6) is -0.506. The van der Waals surface area contributed by atoms with Crippen molar-refractivity contribution < 1.29 is 9.90 Å². The van der Waals surface area contributed by atoms with Crippen LogP contribution in [0.1, 0.15) is 18.9 Å². The van der Waals surface area contributed by atoms with Crippen molar-refractivity contribution in [1.29, 1.82) is 0 Å². The van der Waals surface area contributed by atoms with Crippen molar-refractivity contribution in [3.63, 3.8) is 0 Å². The molecule has 0 aromatic heterocycles. The molecule has 0 fully saturated rings. The Balaban J connectivity index is 2.87. The summed E-state index contributed by atoms with van der Waals surface area (Å²) in [4.78, 5) is 10.7. The predicted octanol–water partition coefficient (Wildman–Crippen LogP) is 0.770. The van der Waals surface area contributed by atoms with E-state index >= 15 is 0 Å². The van der Waals surface area contributed by atoms with Crippen molar-refractivity contribution >= 4 is 5.91 Å². The number of benzene rings is 1. The molecule has 0 spiro atoms. The zero-order valence-electron chi connectivity index (χ0n) is 7.53. The first-order chi connectivity index (χ1) is 6.02.